The van der Waals surface area contributed by atoms with Crippen molar-refractivity contribution in [3.8, 4) is 17.2 Å². The zero-order valence-electron chi connectivity index (χ0n) is 11.7. The van der Waals surface area contributed by atoms with Crippen molar-refractivity contribution < 1.29 is 4.74 Å². The summed E-state index contributed by atoms with van der Waals surface area (Å²) in [6.07, 6.45) is 1.90. The fourth-order valence-corrected chi connectivity index (χ4v) is 2.73. The molecule has 106 valence electrons. The molecule has 2 N–H and O–H groups in total. The number of anilines is 1. The topological polar surface area (TPSA) is 71.9 Å². The van der Waals surface area contributed by atoms with Crippen molar-refractivity contribution in [3.63, 3.8) is 0 Å². The molecule has 1 atom stereocenters. The highest BCUT2D eigenvalue weighted by molar-refractivity contribution is 5.75. The van der Waals surface area contributed by atoms with Gasteiger partial charge in [-0.15, -0.1) is 0 Å². The van der Waals surface area contributed by atoms with E-state index in [2.05, 4.69) is 11.1 Å². The minimum Gasteiger partial charge on any atom is -0.383 e. The normalized spacial score (nSPS) is 17.6. The van der Waals surface area contributed by atoms with E-state index >= 15 is 0 Å². The number of hydrogen-bond donors (Lipinski definition) is 1. The average Bonchev–Trinajstić information content (AvgIpc) is 3.00. The van der Waals surface area contributed by atoms with Crippen LogP contribution in [-0.2, 0) is 11.2 Å². The molecule has 0 aliphatic carbocycles. The molecule has 4 heteroatoms. The summed E-state index contributed by atoms with van der Waals surface area (Å²) in [6.45, 7) is 1.60. The molecule has 1 aromatic carbocycles. The number of aromatic nitrogens is 1. The van der Waals surface area contributed by atoms with Crippen LogP contribution in [-0.4, -0.2) is 18.2 Å². The molecule has 2 heterocycles. The zero-order valence-corrected chi connectivity index (χ0v) is 11.7. The van der Waals surface area contributed by atoms with Crippen molar-refractivity contribution >= 4 is 5.82 Å². The first-order chi connectivity index (χ1) is 10.3. The largest absolute Gasteiger partial charge is 0.383 e. The van der Waals surface area contributed by atoms with Crippen LogP contribution >= 0.6 is 0 Å². The molecular formula is C17H17N3O. The lowest BCUT2D eigenvalue weighted by atomic mass is 9.96. The Morgan fingerprint density at radius 3 is 2.81 bits per heavy atom. The molecule has 4 nitrogen and oxygen atoms in total. The van der Waals surface area contributed by atoms with Crippen LogP contribution in [0, 0.1) is 17.2 Å². The number of nitrogen functional groups attached to an aromatic ring is 1. The van der Waals surface area contributed by atoms with Crippen LogP contribution in [0.15, 0.2) is 36.4 Å². The first kappa shape index (κ1) is 13.6. The Labute approximate surface area is 124 Å². The molecule has 0 bridgehead atoms. The fourth-order valence-electron chi connectivity index (χ4n) is 2.73. The highest BCUT2D eigenvalue weighted by atomic mass is 16.5. The van der Waals surface area contributed by atoms with Crippen LogP contribution < -0.4 is 5.73 Å². The first-order valence-corrected chi connectivity index (χ1v) is 7.10. The highest BCUT2D eigenvalue weighted by Crippen LogP contribution is 2.28. The van der Waals surface area contributed by atoms with E-state index in [0.29, 0.717) is 17.3 Å². The number of ether oxygens (including phenoxy) is 1. The third kappa shape index (κ3) is 2.88. The average molecular weight is 279 g/mol. The molecule has 1 fully saturated rings. The van der Waals surface area contributed by atoms with Gasteiger partial charge in [0.1, 0.15) is 17.5 Å². The van der Waals surface area contributed by atoms with Gasteiger partial charge in [0.25, 0.3) is 0 Å². The second-order valence-electron chi connectivity index (χ2n) is 5.33. The maximum atomic E-state index is 9.35. The molecule has 0 radical (unpaired) electrons. The van der Waals surface area contributed by atoms with E-state index in [0.717, 1.165) is 42.9 Å². The lowest BCUT2D eigenvalue weighted by molar-refractivity contribution is 0.185. The lowest BCUT2D eigenvalue weighted by Gasteiger charge is -2.12. The molecule has 1 aliphatic heterocycles. The molecular weight excluding hydrogens is 262 g/mol. The number of rotatable bonds is 3. The highest BCUT2D eigenvalue weighted by Gasteiger charge is 2.19. The minimum atomic E-state index is 0.313. The summed E-state index contributed by atoms with van der Waals surface area (Å²) in [5.41, 5.74) is 9.22. The number of benzene rings is 1. The predicted octanol–water partition coefficient (Wildman–Crippen LogP) is 2.78. The Bertz CT molecular complexity index is 670. The van der Waals surface area contributed by atoms with Crippen LogP contribution in [0.4, 0.5) is 5.82 Å². The third-order valence-electron chi connectivity index (χ3n) is 3.82. The van der Waals surface area contributed by atoms with Gasteiger partial charge in [-0.1, -0.05) is 30.3 Å². The molecule has 2 aromatic rings. The first-order valence-electron chi connectivity index (χ1n) is 7.10. The second kappa shape index (κ2) is 5.94. The third-order valence-corrected chi connectivity index (χ3v) is 3.82. The van der Waals surface area contributed by atoms with Crippen molar-refractivity contribution in [3.05, 3.63) is 47.7 Å². The molecule has 1 aromatic heterocycles. The smallest absolute Gasteiger partial charge is 0.142 e. The summed E-state index contributed by atoms with van der Waals surface area (Å²) in [7, 11) is 0. The molecule has 0 amide bonds. The summed E-state index contributed by atoms with van der Waals surface area (Å²) in [5.74, 6) is 0.807. The lowest BCUT2D eigenvalue weighted by Crippen LogP contribution is -2.08. The minimum absolute atomic E-state index is 0.313. The van der Waals surface area contributed by atoms with E-state index in [4.69, 9.17) is 10.5 Å². The van der Waals surface area contributed by atoms with Gasteiger partial charge in [-0.25, -0.2) is 4.98 Å². The zero-order chi connectivity index (χ0) is 14.7. The van der Waals surface area contributed by atoms with Crippen molar-refractivity contribution in [2.24, 2.45) is 5.92 Å². The van der Waals surface area contributed by atoms with Gasteiger partial charge in [0.2, 0.25) is 0 Å². The van der Waals surface area contributed by atoms with Crippen molar-refractivity contribution in [1.82, 2.24) is 4.98 Å². The number of nitrogens with zero attached hydrogens (tertiary/aromatic N) is 2. The van der Waals surface area contributed by atoms with Gasteiger partial charge in [0.15, 0.2) is 0 Å². The number of nitriles is 1. The van der Waals surface area contributed by atoms with Gasteiger partial charge in [0.05, 0.1) is 0 Å². The number of hydrogen-bond acceptors (Lipinski definition) is 4. The molecule has 1 saturated heterocycles. The Kier molecular flexibility index (Phi) is 3.85. The summed E-state index contributed by atoms with van der Waals surface area (Å²) < 4.78 is 5.41. The predicted molar refractivity (Wildman–Crippen MR) is 81.4 cm³/mol. The molecule has 3 rings (SSSR count). The van der Waals surface area contributed by atoms with E-state index in [1.807, 2.05) is 36.4 Å². The van der Waals surface area contributed by atoms with Gasteiger partial charge in [0, 0.05) is 24.5 Å². The maximum absolute atomic E-state index is 9.35. The summed E-state index contributed by atoms with van der Waals surface area (Å²) >= 11 is 0. The van der Waals surface area contributed by atoms with E-state index in [1.54, 1.807) is 0 Å². The van der Waals surface area contributed by atoms with Gasteiger partial charge < -0.3 is 10.5 Å². The summed E-state index contributed by atoms with van der Waals surface area (Å²) in [4.78, 5) is 4.39. The summed E-state index contributed by atoms with van der Waals surface area (Å²) in [5, 5.41) is 9.35. The quantitative estimate of drug-likeness (QED) is 0.937. The fraction of sp³-hybridized carbons (Fsp3) is 0.294. The number of nitrogens with two attached hydrogens (primary N) is 1. The second-order valence-corrected chi connectivity index (χ2v) is 5.33. The number of pyridine rings is 1. The van der Waals surface area contributed by atoms with E-state index in [9.17, 15) is 5.26 Å². The van der Waals surface area contributed by atoms with Crippen molar-refractivity contribution in [1.29, 1.82) is 5.26 Å². The van der Waals surface area contributed by atoms with Gasteiger partial charge in [-0.3, -0.25) is 0 Å². The van der Waals surface area contributed by atoms with Crippen molar-refractivity contribution in [2.75, 3.05) is 18.9 Å². The molecule has 0 spiro atoms. The Morgan fingerprint density at radius 2 is 2.14 bits per heavy atom. The van der Waals surface area contributed by atoms with Gasteiger partial charge in [-0.05, 0) is 30.4 Å². The van der Waals surface area contributed by atoms with Crippen LogP contribution in [0.5, 0.6) is 0 Å². The standard InChI is InChI=1S/C17H17N3O/c18-10-16-15(13-4-2-1-3-5-13)9-14(20-17(16)19)8-12-6-7-21-11-12/h1-5,9,12H,6-8,11H2,(H2,19,20). The van der Waals surface area contributed by atoms with E-state index < -0.39 is 0 Å². The Balaban J connectivity index is 2.00. The van der Waals surface area contributed by atoms with Crippen LogP contribution in [0.1, 0.15) is 17.7 Å². The van der Waals surface area contributed by atoms with Crippen LogP contribution in [0.2, 0.25) is 0 Å². The monoisotopic (exact) mass is 279 g/mol. The van der Waals surface area contributed by atoms with Gasteiger partial charge >= 0.3 is 0 Å². The molecule has 0 saturated carbocycles. The molecule has 1 aliphatic rings. The van der Waals surface area contributed by atoms with Crippen LogP contribution in [0.25, 0.3) is 11.1 Å². The van der Waals surface area contributed by atoms with E-state index in [-0.39, 0.29) is 0 Å². The molecule has 1 unspecified atom stereocenters. The Hall–Kier alpha value is -2.38. The van der Waals surface area contributed by atoms with Crippen LogP contribution in [0.3, 0.4) is 0 Å². The SMILES string of the molecule is N#Cc1c(-c2ccccc2)cc(CC2CCOC2)nc1N. The van der Waals surface area contributed by atoms with Gasteiger partial charge in [-0.2, -0.15) is 5.26 Å². The maximum Gasteiger partial charge on any atom is 0.142 e. The molecule has 21 heavy (non-hydrogen) atoms. The van der Waals surface area contributed by atoms with E-state index in [1.165, 1.54) is 0 Å². The van der Waals surface area contributed by atoms with Crippen molar-refractivity contribution in [2.45, 2.75) is 12.8 Å². The Morgan fingerprint density at radius 1 is 1.33 bits per heavy atom. The summed E-state index contributed by atoms with van der Waals surface area (Å²) in [6, 6.07) is 14.0.